The fourth-order valence-electron chi connectivity index (χ4n) is 1.01. The van der Waals surface area contributed by atoms with E-state index in [1.54, 1.807) is 0 Å². The van der Waals surface area contributed by atoms with E-state index in [1.807, 2.05) is 0 Å². The molecule has 0 aliphatic rings. The SMILES string of the molecule is O=Cc1cc([N+](=O)[O-])ccc1C#CCO. The van der Waals surface area contributed by atoms with Gasteiger partial charge in [0.25, 0.3) is 5.69 Å². The lowest BCUT2D eigenvalue weighted by Crippen LogP contribution is -1.93. The highest BCUT2D eigenvalue weighted by Crippen LogP contribution is 2.15. The smallest absolute Gasteiger partial charge is 0.270 e. The zero-order chi connectivity index (χ0) is 11.3. The Kier molecular flexibility index (Phi) is 3.55. The van der Waals surface area contributed by atoms with Crippen molar-refractivity contribution in [3.63, 3.8) is 0 Å². The molecule has 1 rings (SSSR count). The molecule has 76 valence electrons. The molecule has 0 atom stereocenters. The third-order valence-electron chi connectivity index (χ3n) is 1.68. The van der Waals surface area contributed by atoms with Crippen LogP contribution in [0.25, 0.3) is 0 Å². The van der Waals surface area contributed by atoms with Crippen LogP contribution in [0.3, 0.4) is 0 Å². The van der Waals surface area contributed by atoms with Gasteiger partial charge in [0.1, 0.15) is 6.61 Å². The van der Waals surface area contributed by atoms with E-state index in [-0.39, 0.29) is 17.9 Å². The van der Waals surface area contributed by atoms with Gasteiger partial charge in [-0.1, -0.05) is 11.8 Å². The topological polar surface area (TPSA) is 80.4 Å². The summed E-state index contributed by atoms with van der Waals surface area (Å²) >= 11 is 0. The van der Waals surface area contributed by atoms with E-state index in [0.29, 0.717) is 11.8 Å². The van der Waals surface area contributed by atoms with Crippen LogP contribution in [0.4, 0.5) is 5.69 Å². The van der Waals surface area contributed by atoms with Crippen LogP contribution in [0.1, 0.15) is 15.9 Å². The van der Waals surface area contributed by atoms with Crippen LogP contribution in [-0.2, 0) is 0 Å². The molecular weight excluding hydrogens is 198 g/mol. The molecule has 0 saturated carbocycles. The van der Waals surface area contributed by atoms with E-state index in [2.05, 4.69) is 11.8 Å². The predicted molar refractivity (Wildman–Crippen MR) is 52.4 cm³/mol. The van der Waals surface area contributed by atoms with Crippen LogP contribution in [0.15, 0.2) is 18.2 Å². The first kappa shape index (κ1) is 10.9. The van der Waals surface area contributed by atoms with Crippen molar-refractivity contribution in [2.75, 3.05) is 6.61 Å². The molecular formula is C10H7NO4. The molecule has 5 heteroatoms. The second-order valence-electron chi connectivity index (χ2n) is 2.61. The lowest BCUT2D eigenvalue weighted by atomic mass is 10.1. The van der Waals surface area contributed by atoms with Crippen LogP contribution >= 0.6 is 0 Å². The van der Waals surface area contributed by atoms with Crippen LogP contribution in [0, 0.1) is 22.0 Å². The van der Waals surface area contributed by atoms with Gasteiger partial charge in [-0.2, -0.15) is 0 Å². The number of aliphatic hydroxyl groups excluding tert-OH is 1. The third kappa shape index (κ3) is 2.62. The fourth-order valence-corrected chi connectivity index (χ4v) is 1.01. The van der Waals surface area contributed by atoms with Gasteiger partial charge in [0.15, 0.2) is 6.29 Å². The van der Waals surface area contributed by atoms with E-state index in [1.165, 1.54) is 12.1 Å². The molecule has 5 nitrogen and oxygen atoms in total. The summed E-state index contributed by atoms with van der Waals surface area (Å²) in [5.74, 6) is 4.89. The van der Waals surface area contributed by atoms with Gasteiger partial charge in [-0.15, -0.1) is 0 Å². The number of carbonyl (C=O) groups excluding carboxylic acids is 1. The number of aldehydes is 1. The van der Waals surface area contributed by atoms with Crippen molar-refractivity contribution in [1.29, 1.82) is 0 Å². The Bertz CT molecular complexity index is 456. The Labute approximate surface area is 85.5 Å². The Morgan fingerprint density at radius 2 is 2.27 bits per heavy atom. The summed E-state index contributed by atoms with van der Waals surface area (Å²) in [6, 6.07) is 3.79. The molecule has 1 N–H and O–H groups in total. The number of nitrogens with zero attached hydrogens (tertiary/aromatic N) is 1. The van der Waals surface area contributed by atoms with Gasteiger partial charge in [-0.25, -0.2) is 0 Å². The van der Waals surface area contributed by atoms with Crippen molar-refractivity contribution in [3.05, 3.63) is 39.4 Å². The maximum atomic E-state index is 10.6. The molecule has 0 saturated heterocycles. The van der Waals surface area contributed by atoms with Gasteiger partial charge in [0, 0.05) is 23.3 Å². The summed E-state index contributed by atoms with van der Waals surface area (Å²) in [5, 5.41) is 18.9. The summed E-state index contributed by atoms with van der Waals surface area (Å²) in [5.41, 5.74) is 0.349. The van der Waals surface area contributed by atoms with Gasteiger partial charge in [0.05, 0.1) is 4.92 Å². The second-order valence-corrected chi connectivity index (χ2v) is 2.61. The van der Waals surface area contributed by atoms with E-state index in [9.17, 15) is 14.9 Å². The number of aliphatic hydroxyl groups is 1. The highest BCUT2D eigenvalue weighted by molar-refractivity contribution is 5.80. The molecule has 0 aromatic heterocycles. The van der Waals surface area contributed by atoms with Crippen LogP contribution in [0.5, 0.6) is 0 Å². The zero-order valence-corrected chi connectivity index (χ0v) is 7.64. The molecule has 15 heavy (non-hydrogen) atoms. The first-order valence-electron chi connectivity index (χ1n) is 4.02. The normalized spacial score (nSPS) is 8.87. The lowest BCUT2D eigenvalue weighted by molar-refractivity contribution is -0.384. The minimum Gasteiger partial charge on any atom is -0.384 e. The molecule has 1 aromatic carbocycles. The number of non-ortho nitro benzene ring substituents is 1. The van der Waals surface area contributed by atoms with Gasteiger partial charge in [-0.3, -0.25) is 14.9 Å². The standard InChI is InChI=1S/C10H7NO4/c12-5-1-2-8-3-4-10(11(14)15)6-9(8)7-13/h3-4,6-7,12H,5H2. The van der Waals surface area contributed by atoms with Gasteiger partial charge in [-0.05, 0) is 6.07 Å². The third-order valence-corrected chi connectivity index (χ3v) is 1.68. The molecule has 1 aromatic rings. The van der Waals surface area contributed by atoms with Crippen molar-refractivity contribution >= 4 is 12.0 Å². The number of rotatable bonds is 2. The molecule has 0 heterocycles. The van der Waals surface area contributed by atoms with E-state index in [4.69, 9.17) is 5.11 Å². The van der Waals surface area contributed by atoms with Crippen molar-refractivity contribution < 1.29 is 14.8 Å². The average Bonchev–Trinajstić information content (AvgIpc) is 2.25. The minimum absolute atomic E-state index is 0.144. The van der Waals surface area contributed by atoms with Crippen molar-refractivity contribution in [3.8, 4) is 11.8 Å². The summed E-state index contributed by atoms with van der Waals surface area (Å²) in [6.07, 6.45) is 0.494. The number of benzene rings is 1. The van der Waals surface area contributed by atoms with Crippen molar-refractivity contribution in [2.45, 2.75) is 0 Å². The van der Waals surface area contributed by atoms with Crippen LogP contribution in [0.2, 0.25) is 0 Å². The second kappa shape index (κ2) is 4.88. The molecule has 0 bridgehead atoms. The van der Waals surface area contributed by atoms with Gasteiger partial charge < -0.3 is 5.11 Å². The Morgan fingerprint density at radius 1 is 1.53 bits per heavy atom. The highest BCUT2D eigenvalue weighted by Gasteiger charge is 2.08. The average molecular weight is 205 g/mol. The number of nitro groups is 1. The monoisotopic (exact) mass is 205 g/mol. The minimum atomic E-state index is -0.587. The molecule has 0 unspecified atom stereocenters. The summed E-state index contributed by atoms with van der Waals surface area (Å²) in [7, 11) is 0. The Balaban J connectivity index is 3.20. The first-order chi connectivity index (χ1) is 7.19. The summed E-state index contributed by atoms with van der Waals surface area (Å²) in [6.45, 7) is -0.324. The summed E-state index contributed by atoms with van der Waals surface area (Å²) in [4.78, 5) is 20.4. The maximum Gasteiger partial charge on any atom is 0.270 e. The molecule has 0 fully saturated rings. The Hall–Kier alpha value is -2.19. The van der Waals surface area contributed by atoms with Gasteiger partial charge in [0.2, 0.25) is 0 Å². The van der Waals surface area contributed by atoms with E-state index in [0.717, 1.165) is 6.07 Å². The van der Waals surface area contributed by atoms with Crippen LogP contribution in [-0.4, -0.2) is 22.9 Å². The molecule has 0 spiro atoms. The zero-order valence-electron chi connectivity index (χ0n) is 7.64. The van der Waals surface area contributed by atoms with E-state index < -0.39 is 4.92 Å². The van der Waals surface area contributed by atoms with E-state index >= 15 is 0 Å². The lowest BCUT2D eigenvalue weighted by Gasteiger charge is -1.96. The highest BCUT2D eigenvalue weighted by atomic mass is 16.6. The fraction of sp³-hybridized carbons (Fsp3) is 0.100. The van der Waals surface area contributed by atoms with Crippen molar-refractivity contribution in [1.82, 2.24) is 0 Å². The number of hydrogen-bond acceptors (Lipinski definition) is 4. The first-order valence-corrected chi connectivity index (χ1v) is 4.02. The number of carbonyl (C=O) groups is 1. The quantitative estimate of drug-likeness (QED) is 0.334. The number of nitro benzene ring substituents is 1. The largest absolute Gasteiger partial charge is 0.384 e. The van der Waals surface area contributed by atoms with Crippen molar-refractivity contribution in [2.24, 2.45) is 0 Å². The molecule has 0 amide bonds. The summed E-state index contributed by atoms with van der Waals surface area (Å²) < 4.78 is 0. The Morgan fingerprint density at radius 3 is 2.80 bits per heavy atom. The number of hydrogen-bond donors (Lipinski definition) is 1. The molecule has 0 aliphatic heterocycles. The van der Waals surface area contributed by atoms with Gasteiger partial charge >= 0.3 is 0 Å². The predicted octanol–water partition coefficient (Wildman–Crippen LogP) is 0.751. The maximum absolute atomic E-state index is 10.6. The molecule has 0 aliphatic carbocycles. The molecule has 0 radical (unpaired) electrons. The van der Waals surface area contributed by atoms with Crippen LogP contribution < -0.4 is 0 Å².